The number of benzene rings is 3. The molecule has 0 atom stereocenters. The van der Waals surface area contributed by atoms with E-state index >= 15 is 0 Å². The van der Waals surface area contributed by atoms with Gasteiger partial charge in [0, 0.05) is 16.9 Å². The van der Waals surface area contributed by atoms with Gasteiger partial charge in [0.25, 0.3) is 17.7 Å². The van der Waals surface area contributed by atoms with Crippen molar-refractivity contribution in [3.63, 3.8) is 0 Å². The fraction of sp³-hybridized carbons (Fsp3) is 0.143. The molecule has 1 aliphatic rings. The highest BCUT2D eigenvalue weighted by Gasteiger charge is 2.39. The van der Waals surface area contributed by atoms with E-state index in [2.05, 4.69) is 10.6 Å². The zero-order valence-corrected chi connectivity index (χ0v) is 23.3. The van der Waals surface area contributed by atoms with Crippen molar-refractivity contribution in [1.82, 2.24) is 0 Å². The van der Waals surface area contributed by atoms with E-state index in [0.717, 1.165) is 17.7 Å². The first-order valence-electron chi connectivity index (χ1n) is 12.4. The number of amides is 3. The maximum atomic E-state index is 13.1. The van der Waals surface area contributed by atoms with Gasteiger partial charge in [-0.1, -0.05) is 24.9 Å². The first-order chi connectivity index (χ1) is 19.5. The summed E-state index contributed by atoms with van der Waals surface area (Å²) in [5.74, 6) is -2.39. The van der Waals surface area contributed by atoms with Crippen molar-refractivity contribution in [2.24, 2.45) is 5.14 Å². The van der Waals surface area contributed by atoms with Gasteiger partial charge >= 0.3 is 5.97 Å². The Labute approximate surface area is 241 Å². The molecule has 4 N–H and O–H groups in total. The molecule has 1 aliphatic heterocycles. The predicted octanol–water partition coefficient (Wildman–Crippen LogP) is 3.98. The summed E-state index contributed by atoms with van der Waals surface area (Å²) in [6.45, 7) is 2.28. The second-order valence-electron chi connectivity index (χ2n) is 8.90. The summed E-state index contributed by atoms with van der Waals surface area (Å²) in [4.78, 5) is 51.4. The molecule has 3 amide bonds. The van der Waals surface area contributed by atoms with E-state index in [1.54, 1.807) is 0 Å². The van der Waals surface area contributed by atoms with Crippen LogP contribution in [-0.2, 0) is 24.3 Å². The molecule has 0 saturated heterocycles. The average Bonchev–Trinajstić information content (AvgIpc) is 3.16. The van der Waals surface area contributed by atoms with Gasteiger partial charge in [0.2, 0.25) is 10.0 Å². The van der Waals surface area contributed by atoms with Crippen LogP contribution in [0.15, 0.2) is 88.4 Å². The molecule has 3 aromatic carbocycles. The maximum Gasteiger partial charge on any atom is 0.338 e. The summed E-state index contributed by atoms with van der Waals surface area (Å²) in [5, 5.41) is 10.2. The Hall–Kier alpha value is -4.52. The van der Waals surface area contributed by atoms with E-state index in [-0.39, 0.29) is 32.4 Å². The van der Waals surface area contributed by atoms with Crippen LogP contribution in [0.2, 0.25) is 0 Å². The zero-order chi connectivity index (χ0) is 29.7. The lowest BCUT2D eigenvalue weighted by atomic mass is 10.2. The number of carbonyl (C=O) groups is 4. The van der Waals surface area contributed by atoms with E-state index in [9.17, 15) is 27.6 Å². The number of carbonyl (C=O) groups excluding carboxylic acids is 4. The minimum Gasteiger partial charge on any atom is -0.462 e. The summed E-state index contributed by atoms with van der Waals surface area (Å²) >= 11 is 6.20. The monoisotopic (exact) mass is 596 g/mol. The lowest BCUT2D eigenvalue weighted by molar-refractivity contribution is -0.120. The van der Waals surface area contributed by atoms with E-state index in [0.29, 0.717) is 18.0 Å². The summed E-state index contributed by atoms with van der Waals surface area (Å²) in [5.41, 5.74) is 1.38. The Morgan fingerprint density at radius 1 is 0.878 bits per heavy atom. The molecule has 0 spiro atoms. The van der Waals surface area contributed by atoms with Gasteiger partial charge in [-0.15, -0.1) is 0 Å². The van der Waals surface area contributed by atoms with Crippen molar-refractivity contribution in [2.45, 2.75) is 24.7 Å². The predicted molar refractivity (Wildman–Crippen MR) is 153 cm³/mol. The van der Waals surface area contributed by atoms with Crippen molar-refractivity contribution in [3.8, 4) is 0 Å². The number of rotatable bonds is 10. The third-order valence-corrected chi connectivity index (χ3v) is 7.26. The van der Waals surface area contributed by atoms with Crippen LogP contribution in [0, 0.1) is 0 Å². The summed E-state index contributed by atoms with van der Waals surface area (Å²) in [7, 11) is -3.85. The third-order valence-electron chi connectivity index (χ3n) is 5.98. The first-order valence-corrected chi connectivity index (χ1v) is 14.3. The van der Waals surface area contributed by atoms with Gasteiger partial charge in [-0.2, -0.15) is 0 Å². The van der Waals surface area contributed by atoms with Gasteiger partial charge in [-0.05, 0) is 79.2 Å². The van der Waals surface area contributed by atoms with Crippen LogP contribution in [0.4, 0.5) is 17.1 Å². The highest BCUT2D eigenvalue weighted by molar-refractivity contribution is 7.89. The molecule has 212 valence electrons. The molecule has 41 heavy (non-hydrogen) atoms. The standard InChI is InChI=1S/C28H25ClN4O7S/c1-2-3-16-40-28(37)18-6-12-21(13-7-18)33-26(35)23(29)24(27(33)36)31-19-8-4-17(5-9-19)25(34)32-20-10-14-22(15-11-20)41(30,38)39/h4-15,31H,2-3,16H2,1H3,(H,32,34)(H2,30,38,39). The molecular weight excluding hydrogens is 572 g/mol. The van der Waals surface area contributed by atoms with Crippen LogP contribution < -0.4 is 20.7 Å². The Morgan fingerprint density at radius 3 is 2.05 bits per heavy atom. The van der Waals surface area contributed by atoms with Crippen LogP contribution in [0.25, 0.3) is 0 Å². The molecule has 13 heteroatoms. The number of halogens is 1. The molecule has 0 fully saturated rings. The molecule has 4 rings (SSSR count). The van der Waals surface area contributed by atoms with E-state index in [1.165, 1.54) is 72.8 Å². The van der Waals surface area contributed by atoms with Crippen LogP contribution in [0.1, 0.15) is 40.5 Å². The zero-order valence-electron chi connectivity index (χ0n) is 21.7. The molecular formula is C28H25ClN4O7S. The van der Waals surface area contributed by atoms with Crippen LogP contribution >= 0.6 is 11.6 Å². The molecule has 0 aromatic heterocycles. The molecule has 11 nitrogen and oxygen atoms in total. The summed E-state index contributed by atoms with van der Waals surface area (Å²) in [6.07, 6.45) is 1.63. The number of nitrogens with one attached hydrogen (secondary N) is 2. The lowest BCUT2D eigenvalue weighted by Gasteiger charge is -2.15. The van der Waals surface area contributed by atoms with Gasteiger partial charge < -0.3 is 15.4 Å². The third kappa shape index (κ3) is 6.80. The van der Waals surface area contributed by atoms with Crippen molar-refractivity contribution >= 4 is 62.4 Å². The fourth-order valence-electron chi connectivity index (χ4n) is 3.77. The quantitative estimate of drug-likeness (QED) is 0.180. The molecule has 0 bridgehead atoms. The van der Waals surface area contributed by atoms with Crippen LogP contribution in [-0.4, -0.2) is 38.7 Å². The Balaban J connectivity index is 1.40. The summed E-state index contributed by atoms with van der Waals surface area (Å²) in [6, 6.07) is 17.2. The van der Waals surface area contributed by atoms with E-state index in [4.69, 9.17) is 21.5 Å². The number of hydrogen-bond acceptors (Lipinski definition) is 8. The van der Waals surface area contributed by atoms with Crippen molar-refractivity contribution < 1.29 is 32.3 Å². The van der Waals surface area contributed by atoms with E-state index < -0.39 is 33.7 Å². The highest BCUT2D eigenvalue weighted by atomic mass is 35.5. The molecule has 0 unspecified atom stereocenters. The number of nitrogens with two attached hydrogens (primary N) is 1. The number of imide groups is 1. The average molecular weight is 597 g/mol. The van der Waals surface area contributed by atoms with Crippen molar-refractivity contribution in [2.75, 3.05) is 22.1 Å². The number of anilines is 3. The van der Waals surface area contributed by atoms with Crippen LogP contribution in [0.5, 0.6) is 0 Å². The topological polar surface area (TPSA) is 165 Å². The molecule has 0 saturated carbocycles. The molecule has 0 aliphatic carbocycles. The number of primary sulfonamides is 1. The second kappa shape index (κ2) is 12.3. The van der Waals surface area contributed by atoms with Gasteiger partial charge in [-0.3, -0.25) is 14.4 Å². The largest absolute Gasteiger partial charge is 0.462 e. The van der Waals surface area contributed by atoms with Gasteiger partial charge in [0.15, 0.2) is 0 Å². The Bertz CT molecular complexity index is 1640. The number of sulfonamides is 1. The number of esters is 1. The normalized spacial score (nSPS) is 13.4. The fourth-order valence-corrected chi connectivity index (χ4v) is 4.49. The second-order valence-corrected chi connectivity index (χ2v) is 10.8. The Morgan fingerprint density at radius 2 is 1.46 bits per heavy atom. The van der Waals surface area contributed by atoms with Crippen LogP contribution in [0.3, 0.4) is 0 Å². The van der Waals surface area contributed by atoms with Gasteiger partial charge in [-0.25, -0.2) is 23.3 Å². The number of hydrogen-bond donors (Lipinski definition) is 3. The molecule has 1 heterocycles. The SMILES string of the molecule is CCCCOC(=O)c1ccc(N2C(=O)C(Cl)=C(Nc3ccc(C(=O)Nc4ccc(S(N)(=O)=O)cc4)cc3)C2=O)cc1. The maximum absolute atomic E-state index is 13.1. The van der Waals surface area contributed by atoms with Crippen molar-refractivity contribution in [1.29, 1.82) is 0 Å². The molecule has 3 aromatic rings. The Kier molecular flexibility index (Phi) is 8.86. The van der Waals surface area contributed by atoms with Crippen molar-refractivity contribution in [3.05, 3.63) is 94.7 Å². The van der Waals surface area contributed by atoms with E-state index in [1.807, 2.05) is 6.92 Å². The first kappa shape index (κ1) is 29.5. The number of unbranched alkanes of at least 4 members (excludes halogenated alkanes) is 1. The minimum absolute atomic E-state index is 0.0862. The summed E-state index contributed by atoms with van der Waals surface area (Å²) < 4.78 is 27.9. The lowest BCUT2D eigenvalue weighted by Crippen LogP contribution is -2.32. The molecule has 0 radical (unpaired) electrons. The minimum atomic E-state index is -3.85. The number of ether oxygens (including phenoxy) is 1. The van der Waals surface area contributed by atoms with Gasteiger partial charge in [0.1, 0.15) is 10.7 Å². The smallest absolute Gasteiger partial charge is 0.338 e. The van der Waals surface area contributed by atoms with Gasteiger partial charge in [0.05, 0.1) is 22.8 Å². The highest BCUT2D eigenvalue weighted by Crippen LogP contribution is 2.30. The number of nitrogens with zero attached hydrogens (tertiary/aromatic N) is 1.